The average molecular weight is 782 g/mol. The number of aryl methyl sites for hydroxylation is 2. The van der Waals surface area contributed by atoms with E-state index >= 15 is 0 Å². The molecule has 5 heterocycles. The summed E-state index contributed by atoms with van der Waals surface area (Å²) < 4.78 is 2.10. The number of allylic oxidation sites excluding steroid dienone is 1. The van der Waals surface area contributed by atoms with Crippen LogP contribution in [0.1, 0.15) is 113 Å². The molecule has 1 unspecified atom stereocenters. The van der Waals surface area contributed by atoms with Gasteiger partial charge in [0.1, 0.15) is 22.7 Å². The van der Waals surface area contributed by atoms with E-state index in [9.17, 15) is 24.0 Å². The summed E-state index contributed by atoms with van der Waals surface area (Å²) in [6, 6.07) is 12.3. The quantitative estimate of drug-likeness (QED) is 0.101. The molecule has 55 heavy (non-hydrogen) atoms. The fourth-order valence-corrected chi connectivity index (χ4v) is 9.04. The number of carbonyl (C=O) groups excluding carboxylic acids is 5. The first-order chi connectivity index (χ1) is 26.5. The van der Waals surface area contributed by atoms with Crippen LogP contribution in [0.15, 0.2) is 48.5 Å². The fraction of sp³-hybridized carbons (Fsp3) is 0.390. The number of imide groups is 1. The maximum Gasteiger partial charge on any atom is 0.255 e. The second-order valence-electron chi connectivity index (χ2n) is 14.4. The third-order valence-electron chi connectivity index (χ3n) is 10.7. The standard InChI is InChI=1S/C41H44ClN7O5S/c1-23-24(2)55-41-37(23)30(26-13-15-28(42)16-14-26)20-27(38-47-46-25(3)49(38)41)21-36(52)43-19-8-6-4-5-7-12-34(50)44-32-11-9-10-29-31(32)22-48(40(29)54)33-17-18-35(51)45-39(33)53/h9-11,13-16,20,27,33H,4-8,12,17-19,21-22H2,1-3H3,(H,43,52)(H,44,50)(H,45,51,53)/t27-,33?/m0/s1. The highest BCUT2D eigenvalue weighted by molar-refractivity contribution is 7.15. The number of nitrogens with one attached hydrogen (secondary N) is 3. The third kappa shape index (κ3) is 7.99. The number of unbranched alkanes of at least 4 members (excludes halogenated alkanes) is 4. The number of piperidine rings is 1. The van der Waals surface area contributed by atoms with Crippen molar-refractivity contribution in [3.05, 3.63) is 97.9 Å². The highest BCUT2D eigenvalue weighted by Crippen LogP contribution is 2.44. The molecular weight excluding hydrogens is 738 g/mol. The van der Waals surface area contributed by atoms with Crippen LogP contribution in [0.4, 0.5) is 5.69 Å². The Hall–Kier alpha value is -5.14. The van der Waals surface area contributed by atoms with E-state index in [1.807, 2.05) is 31.2 Å². The summed E-state index contributed by atoms with van der Waals surface area (Å²) in [6.07, 6.45) is 7.46. The molecule has 5 amide bonds. The summed E-state index contributed by atoms with van der Waals surface area (Å²) in [5.41, 5.74) is 6.13. The molecule has 14 heteroatoms. The number of halogens is 1. The molecule has 0 radical (unpaired) electrons. The van der Waals surface area contributed by atoms with Crippen LogP contribution in [0, 0.1) is 20.8 Å². The van der Waals surface area contributed by atoms with Crippen LogP contribution < -0.4 is 16.0 Å². The summed E-state index contributed by atoms with van der Waals surface area (Å²) in [7, 11) is 0. The molecule has 286 valence electrons. The highest BCUT2D eigenvalue weighted by atomic mass is 35.5. The Bertz CT molecular complexity index is 2210. The van der Waals surface area contributed by atoms with Gasteiger partial charge in [0, 0.05) is 70.5 Å². The van der Waals surface area contributed by atoms with Crippen molar-refractivity contribution in [2.24, 2.45) is 0 Å². The lowest BCUT2D eigenvalue weighted by molar-refractivity contribution is -0.137. The van der Waals surface area contributed by atoms with Crippen molar-refractivity contribution in [1.29, 1.82) is 0 Å². The summed E-state index contributed by atoms with van der Waals surface area (Å²) in [5.74, 6) is -0.00165. The van der Waals surface area contributed by atoms with Gasteiger partial charge in [-0.3, -0.25) is 33.9 Å². The molecule has 0 bridgehead atoms. The van der Waals surface area contributed by atoms with Crippen LogP contribution in [-0.4, -0.2) is 61.8 Å². The number of nitrogens with zero attached hydrogens (tertiary/aromatic N) is 4. The molecule has 3 N–H and O–H groups in total. The minimum atomic E-state index is -0.710. The number of carbonyl (C=O) groups is 5. The Morgan fingerprint density at radius 2 is 1.73 bits per heavy atom. The van der Waals surface area contributed by atoms with Crippen LogP contribution in [0.25, 0.3) is 10.6 Å². The molecule has 1 fully saturated rings. The van der Waals surface area contributed by atoms with Crippen molar-refractivity contribution >= 4 is 63.7 Å². The fourth-order valence-electron chi connectivity index (χ4n) is 7.69. The first kappa shape index (κ1) is 38.1. The molecule has 3 aliphatic rings. The first-order valence-corrected chi connectivity index (χ1v) is 20.0. The lowest BCUT2D eigenvalue weighted by atomic mass is 9.92. The van der Waals surface area contributed by atoms with Crippen molar-refractivity contribution in [1.82, 2.24) is 30.3 Å². The Morgan fingerprint density at radius 1 is 0.964 bits per heavy atom. The molecule has 2 atom stereocenters. The Kier molecular flexibility index (Phi) is 11.3. The summed E-state index contributed by atoms with van der Waals surface area (Å²) in [6.45, 7) is 6.96. The van der Waals surface area contributed by atoms with Gasteiger partial charge in [-0.1, -0.05) is 55.1 Å². The molecule has 1 saturated heterocycles. The monoisotopic (exact) mass is 781 g/mol. The zero-order chi connectivity index (χ0) is 38.8. The summed E-state index contributed by atoms with van der Waals surface area (Å²) in [5, 5.41) is 19.1. The second kappa shape index (κ2) is 16.3. The van der Waals surface area contributed by atoms with Crippen LogP contribution in [0.2, 0.25) is 5.02 Å². The van der Waals surface area contributed by atoms with Crippen molar-refractivity contribution in [2.45, 2.75) is 97.1 Å². The van der Waals surface area contributed by atoms with Crippen molar-refractivity contribution < 1.29 is 24.0 Å². The number of hydrogen-bond acceptors (Lipinski definition) is 8. The van der Waals surface area contributed by atoms with E-state index in [0.29, 0.717) is 41.2 Å². The molecule has 2 aromatic heterocycles. The van der Waals surface area contributed by atoms with Gasteiger partial charge in [-0.2, -0.15) is 0 Å². The maximum absolute atomic E-state index is 13.3. The van der Waals surface area contributed by atoms with Crippen LogP contribution in [-0.2, 0) is 25.7 Å². The summed E-state index contributed by atoms with van der Waals surface area (Å²) in [4.78, 5) is 66.0. The second-order valence-corrected chi connectivity index (χ2v) is 16.1. The van der Waals surface area contributed by atoms with E-state index in [4.69, 9.17) is 11.6 Å². The van der Waals surface area contributed by atoms with Crippen LogP contribution in [0.3, 0.4) is 0 Å². The number of amides is 5. The van der Waals surface area contributed by atoms with E-state index in [2.05, 4.69) is 50.6 Å². The van der Waals surface area contributed by atoms with Gasteiger partial charge >= 0.3 is 0 Å². The normalized spacial score (nSPS) is 17.6. The molecule has 7 rings (SSSR count). The number of thiophene rings is 1. The van der Waals surface area contributed by atoms with Gasteiger partial charge < -0.3 is 15.5 Å². The third-order valence-corrected chi connectivity index (χ3v) is 12.2. The molecule has 0 aliphatic carbocycles. The van der Waals surface area contributed by atoms with Crippen molar-refractivity contribution in [3.63, 3.8) is 0 Å². The van der Waals surface area contributed by atoms with Gasteiger partial charge in [0.05, 0.1) is 0 Å². The smallest absolute Gasteiger partial charge is 0.255 e. The number of hydrogen-bond donors (Lipinski definition) is 3. The van der Waals surface area contributed by atoms with E-state index < -0.39 is 11.9 Å². The predicted octanol–water partition coefficient (Wildman–Crippen LogP) is 6.68. The van der Waals surface area contributed by atoms with Gasteiger partial charge in [-0.15, -0.1) is 21.5 Å². The van der Waals surface area contributed by atoms with E-state index in [-0.39, 0.29) is 55.4 Å². The molecule has 4 aromatic rings. The Labute approximate surface area is 328 Å². The van der Waals surface area contributed by atoms with E-state index in [1.54, 1.807) is 29.5 Å². The van der Waals surface area contributed by atoms with E-state index in [0.717, 1.165) is 59.0 Å². The lowest BCUT2D eigenvalue weighted by Crippen LogP contribution is -2.52. The van der Waals surface area contributed by atoms with Gasteiger partial charge in [-0.05, 0) is 81.0 Å². The summed E-state index contributed by atoms with van der Waals surface area (Å²) >= 11 is 7.95. The number of aromatic nitrogens is 3. The maximum atomic E-state index is 13.3. The molecule has 3 aliphatic heterocycles. The zero-order valence-electron chi connectivity index (χ0n) is 31.2. The highest BCUT2D eigenvalue weighted by Gasteiger charge is 2.40. The average Bonchev–Trinajstić information content (AvgIpc) is 3.77. The number of benzene rings is 2. The Balaban J connectivity index is 0.869. The molecule has 0 spiro atoms. The number of anilines is 1. The van der Waals surface area contributed by atoms with Crippen LogP contribution >= 0.6 is 22.9 Å². The number of rotatable bonds is 13. The minimum Gasteiger partial charge on any atom is -0.356 e. The van der Waals surface area contributed by atoms with Crippen molar-refractivity contribution in [2.75, 3.05) is 11.9 Å². The Morgan fingerprint density at radius 3 is 2.51 bits per heavy atom. The van der Waals surface area contributed by atoms with Crippen LogP contribution in [0.5, 0.6) is 0 Å². The van der Waals surface area contributed by atoms with Gasteiger partial charge in [-0.25, -0.2) is 0 Å². The van der Waals surface area contributed by atoms with Gasteiger partial charge in [0.2, 0.25) is 23.6 Å². The van der Waals surface area contributed by atoms with Gasteiger partial charge in [0.15, 0.2) is 0 Å². The van der Waals surface area contributed by atoms with Gasteiger partial charge in [0.25, 0.3) is 5.91 Å². The molecular formula is C41H44ClN7O5S. The largest absolute Gasteiger partial charge is 0.356 e. The van der Waals surface area contributed by atoms with Crippen molar-refractivity contribution in [3.8, 4) is 5.00 Å². The lowest BCUT2D eigenvalue weighted by Gasteiger charge is -2.29. The number of fused-ring (bicyclic) bond motifs is 4. The minimum absolute atomic E-state index is 0.0481. The topological polar surface area (TPSA) is 155 Å². The molecule has 0 saturated carbocycles. The molecule has 12 nitrogen and oxygen atoms in total. The molecule has 2 aromatic carbocycles. The predicted molar refractivity (Wildman–Crippen MR) is 211 cm³/mol. The SMILES string of the molecule is Cc1sc2c(c1C)C(c1ccc(Cl)cc1)=C[C@@H](CC(=O)NCCCCCCCC(=O)Nc1cccc3c1CN(C1CCC(=O)NC1=O)C3=O)c1nnc(C)n1-2. The first-order valence-electron chi connectivity index (χ1n) is 18.8. The van der Waals surface area contributed by atoms with E-state index in [1.165, 1.54) is 15.3 Å². The zero-order valence-corrected chi connectivity index (χ0v) is 32.7.